The molecule has 0 fully saturated rings. The van der Waals surface area contributed by atoms with Gasteiger partial charge in [0.1, 0.15) is 10.7 Å². The summed E-state index contributed by atoms with van der Waals surface area (Å²) in [7, 11) is 1.80. The van der Waals surface area contributed by atoms with E-state index in [0.717, 1.165) is 0 Å². The lowest BCUT2D eigenvalue weighted by atomic mass is 10.2. The van der Waals surface area contributed by atoms with Gasteiger partial charge < -0.3 is 15.6 Å². The number of amides is 1. The molecular weight excluding hydrogens is 248 g/mol. The fraction of sp³-hybridized carbons (Fsp3) is 0.0833. The topological polar surface area (TPSA) is 72.9 Å². The van der Waals surface area contributed by atoms with Crippen LogP contribution in [0.5, 0.6) is 0 Å². The number of nitrogens with one attached hydrogen (secondary N) is 1. The van der Waals surface area contributed by atoms with Gasteiger partial charge in [0, 0.05) is 24.5 Å². The second kappa shape index (κ2) is 4.97. The van der Waals surface area contributed by atoms with Crippen LogP contribution in [0.2, 0.25) is 0 Å². The van der Waals surface area contributed by atoms with Crippen molar-refractivity contribution in [2.45, 2.75) is 0 Å². The van der Waals surface area contributed by atoms with Gasteiger partial charge in [0.25, 0.3) is 5.91 Å². The molecule has 0 unspecified atom stereocenters. The number of aromatic nitrogens is 2. The first kappa shape index (κ1) is 12.3. The minimum Gasteiger partial charge on any atom is -0.389 e. The summed E-state index contributed by atoms with van der Waals surface area (Å²) in [5.74, 6) is -0.268. The highest BCUT2D eigenvalue weighted by molar-refractivity contribution is 7.80. The largest absolute Gasteiger partial charge is 0.389 e. The van der Waals surface area contributed by atoms with E-state index in [9.17, 15) is 4.79 Å². The summed E-state index contributed by atoms with van der Waals surface area (Å²) in [6.45, 7) is 0. The predicted molar refractivity (Wildman–Crippen MR) is 73.5 cm³/mol. The Morgan fingerprint density at radius 1 is 1.50 bits per heavy atom. The van der Waals surface area contributed by atoms with Crippen molar-refractivity contribution in [1.29, 1.82) is 0 Å². The van der Waals surface area contributed by atoms with Crippen molar-refractivity contribution < 1.29 is 4.79 Å². The number of hydrogen-bond donors (Lipinski definition) is 2. The van der Waals surface area contributed by atoms with E-state index in [0.29, 0.717) is 21.9 Å². The Kier molecular flexibility index (Phi) is 3.38. The number of rotatable bonds is 3. The lowest BCUT2D eigenvalue weighted by molar-refractivity contribution is 0.102. The number of carbonyl (C=O) groups excluding carboxylic acids is 1. The van der Waals surface area contributed by atoms with Gasteiger partial charge in [-0.1, -0.05) is 24.4 Å². The highest BCUT2D eigenvalue weighted by Gasteiger charge is 2.09. The Morgan fingerprint density at radius 2 is 2.28 bits per heavy atom. The van der Waals surface area contributed by atoms with E-state index in [-0.39, 0.29) is 5.91 Å². The Bertz CT molecular complexity index is 606. The Morgan fingerprint density at radius 3 is 2.89 bits per heavy atom. The SMILES string of the molecule is Cn1cnc(C(=O)Nc2cccc(C(N)=S)c2)c1. The molecule has 1 aromatic heterocycles. The molecular formula is C12H12N4OS. The summed E-state index contributed by atoms with van der Waals surface area (Å²) >= 11 is 4.88. The molecule has 0 aliphatic heterocycles. The van der Waals surface area contributed by atoms with Crippen LogP contribution in [0, 0.1) is 0 Å². The molecule has 1 heterocycles. The molecule has 2 rings (SSSR count). The maximum atomic E-state index is 11.9. The average Bonchev–Trinajstić information content (AvgIpc) is 2.76. The van der Waals surface area contributed by atoms with Crippen molar-refractivity contribution in [2.75, 3.05) is 5.32 Å². The highest BCUT2D eigenvalue weighted by Crippen LogP contribution is 2.11. The van der Waals surface area contributed by atoms with Gasteiger partial charge in [-0.2, -0.15) is 0 Å². The maximum absolute atomic E-state index is 11.9. The Hall–Kier alpha value is -2.21. The van der Waals surface area contributed by atoms with Crippen LogP contribution in [0.1, 0.15) is 16.1 Å². The third-order valence-corrected chi connectivity index (χ3v) is 2.58. The molecule has 18 heavy (non-hydrogen) atoms. The van der Waals surface area contributed by atoms with Crippen molar-refractivity contribution in [2.24, 2.45) is 12.8 Å². The van der Waals surface area contributed by atoms with Crippen molar-refractivity contribution in [3.8, 4) is 0 Å². The van der Waals surface area contributed by atoms with Gasteiger partial charge in [-0.05, 0) is 12.1 Å². The van der Waals surface area contributed by atoms with Gasteiger partial charge in [-0.25, -0.2) is 4.98 Å². The predicted octanol–water partition coefficient (Wildman–Crippen LogP) is 1.31. The van der Waals surface area contributed by atoms with E-state index in [4.69, 9.17) is 18.0 Å². The molecule has 1 aromatic carbocycles. The number of aryl methyl sites for hydroxylation is 1. The molecule has 0 spiro atoms. The summed E-state index contributed by atoms with van der Waals surface area (Å²) < 4.78 is 1.71. The fourth-order valence-corrected chi connectivity index (χ4v) is 1.60. The molecule has 5 nitrogen and oxygen atoms in total. The lowest BCUT2D eigenvalue weighted by Crippen LogP contribution is -2.14. The van der Waals surface area contributed by atoms with Crippen LogP contribution < -0.4 is 11.1 Å². The van der Waals surface area contributed by atoms with E-state index >= 15 is 0 Å². The van der Waals surface area contributed by atoms with E-state index in [1.807, 2.05) is 0 Å². The molecule has 0 aliphatic rings. The summed E-state index contributed by atoms with van der Waals surface area (Å²) in [4.78, 5) is 16.1. The molecule has 0 aliphatic carbocycles. The molecule has 2 aromatic rings. The average molecular weight is 260 g/mol. The van der Waals surface area contributed by atoms with E-state index < -0.39 is 0 Å². The van der Waals surface area contributed by atoms with Crippen LogP contribution in [0.4, 0.5) is 5.69 Å². The number of benzene rings is 1. The van der Waals surface area contributed by atoms with E-state index in [2.05, 4.69) is 10.3 Å². The number of anilines is 1. The molecule has 3 N–H and O–H groups in total. The minimum absolute atomic E-state index is 0.268. The quantitative estimate of drug-likeness (QED) is 0.816. The first-order chi connectivity index (χ1) is 8.56. The number of imidazole rings is 1. The van der Waals surface area contributed by atoms with Crippen LogP contribution >= 0.6 is 12.2 Å². The fourth-order valence-electron chi connectivity index (χ4n) is 1.48. The van der Waals surface area contributed by atoms with Crippen LogP contribution in [0.25, 0.3) is 0 Å². The molecule has 92 valence electrons. The summed E-state index contributed by atoms with van der Waals surface area (Å²) in [5, 5.41) is 2.74. The van der Waals surface area contributed by atoms with Crippen LogP contribution in [0.15, 0.2) is 36.8 Å². The number of carbonyl (C=O) groups is 1. The molecule has 0 radical (unpaired) electrons. The van der Waals surface area contributed by atoms with Crippen LogP contribution in [-0.4, -0.2) is 20.4 Å². The molecule has 0 saturated heterocycles. The zero-order valence-corrected chi connectivity index (χ0v) is 10.6. The van der Waals surface area contributed by atoms with Crippen LogP contribution in [0.3, 0.4) is 0 Å². The third-order valence-electron chi connectivity index (χ3n) is 2.34. The molecule has 0 bridgehead atoms. The Balaban J connectivity index is 2.16. The van der Waals surface area contributed by atoms with Gasteiger partial charge in [0.05, 0.1) is 6.33 Å². The third kappa shape index (κ3) is 2.72. The van der Waals surface area contributed by atoms with Gasteiger partial charge in [-0.3, -0.25) is 4.79 Å². The first-order valence-corrected chi connectivity index (χ1v) is 5.66. The maximum Gasteiger partial charge on any atom is 0.275 e. The van der Waals surface area contributed by atoms with Crippen molar-refractivity contribution >= 4 is 28.8 Å². The zero-order chi connectivity index (χ0) is 13.1. The van der Waals surface area contributed by atoms with Gasteiger partial charge in [-0.15, -0.1) is 0 Å². The van der Waals surface area contributed by atoms with Gasteiger partial charge in [0.15, 0.2) is 0 Å². The summed E-state index contributed by atoms with van der Waals surface area (Å²) in [6, 6.07) is 7.06. The molecule has 0 saturated carbocycles. The standard InChI is InChI=1S/C12H12N4OS/c1-16-6-10(14-7-16)12(17)15-9-4-2-3-8(5-9)11(13)18/h2-7H,1H3,(H2,13,18)(H,15,17). The Labute approximate surface area is 110 Å². The number of nitrogens with zero attached hydrogens (tertiary/aromatic N) is 2. The van der Waals surface area contributed by atoms with Gasteiger partial charge in [0.2, 0.25) is 0 Å². The number of nitrogens with two attached hydrogens (primary N) is 1. The van der Waals surface area contributed by atoms with Gasteiger partial charge >= 0.3 is 0 Å². The van der Waals surface area contributed by atoms with Crippen LogP contribution in [-0.2, 0) is 7.05 Å². The smallest absolute Gasteiger partial charge is 0.275 e. The lowest BCUT2D eigenvalue weighted by Gasteiger charge is -2.05. The van der Waals surface area contributed by atoms with Crippen molar-refractivity contribution in [1.82, 2.24) is 9.55 Å². The first-order valence-electron chi connectivity index (χ1n) is 5.25. The van der Waals surface area contributed by atoms with Crippen molar-refractivity contribution in [3.63, 3.8) is 0 Å². The number of thiocarbonyl (C=S) groups is 1. The second-order valence-corrected chi connectivity index (χ2v) is 4.26. The normalized spacial score (nSPS) is 10.1. The second-order valence-electron chi connectivity index (χ2n) is 3.82. The molecule has 1 amide bonds. The summed E-state index contributed by atoms with van der Waals surface area (Å²) in [5.41, 5.74) is 7.24. The zero-order valence-electron chi connectivity index (χ0n) is 9.75. The highest BCUT2D eigenvalue weighted by atomic mass is 32.1. The number of hydrogen-bond acceptors (Lipinski definition) is 3. The van der Waals surface area contributed by atoms with E-state index in [1.165, 1.54) is 0 Å². The monoisotopic (exact) mass is 260 g/mol. The minimum atomic E-state index is -0.268. The molecule has 6 heteroatoms. The van der Waals surface area contributed by atoms with E-state index in [1.54, 1.807) is 48.4 Å². The van der Waals surface area contributed by atoms with Crippen molar-refractivity contribution in [3.05, 3.63) is 48.0 Å². The molecule has 0 atom stereocenters. The summed E-state index contributed by atoms with van der Waals surface area (Å²) in [6.07, 6.45) is 3.22.